The number of amides is 1. The fourth-order valence-electron chi connectivity index (χ4n) is 5.10. The van der Waals surface area contributed by atoms with Gasteiger partial charge in [-0.15, -0.1) is 0 Å². The van der Waals surface area contributed by atoms with Crippen LogP contribution in [-0.2, 0) is 23.1 Å². The average molecular weight is 359 g/mol. The summed E-state index contributed by atoms with van der Waals surface area (Å²) < 4.78 is 7.05. The van der Waals surface area contributed by atoms with Crippen molar-refractivity contribution in [1.82, 2.24) is 19.6 Å². The number of fused-ring (bicyclic) bond motifs is 2. The van der Waals surface area contributed by atoms with Gasteiger partial charge >= 0.3 is 0 Å². The lowest BCUT2D eigenvalue weighted by Crippen LogP contribution is -2.47. The third kappa shape index (κ3) is 2.77. The summed E-state index contributed by atoms with van der Waals surface area (Å²) >= 11 is 0. The first-order valence-electron chi connectivity index (χ1n) is 9.67. The summed E-state index contributed by atoms with van der Waals surface area (Å²) in [7, 11) is 3.63. The van der Waals surface area contributed by atoms with Gasteiger partial charge in [-0.05, 0) is 18.8 Å². The molecule has 3 atom stereocenters. The van der Waals surface area contributed by atoms with Gasteiger partial charge in [0.25, 0.3) is 5.91 Å². The molecule has 0 bridgehead atoms. The molecule has 4 rings (SSSR count). The Morgan fingerprint density at radius 2 is 2.23 bits per heavy atom. The molecule has 1 spiro atoms. The third-order valence-corrected chi connectivity index (χ3v) is 6.28. The molecule has 0 unspecified atom stereocenters. The molecule has 1 amide bonds. The Kier molecular flexibility index (Phi) is 4.61. The largest absolute Gasteiger partial charge is 0.383 e. The summed E-state index contributed by atoms with van der Waals surface area (Å²) in [6.07, 6.45) is 6.80. The Balaban J connectivity index is 1.51. The van der Waals surface area contributed by atoms with E-state index >= 15 is 0 Å². The summed E-state index contributed by atoms with van der Waals surface area (Å²) in [5.74, 6) is 2.06. The van der Waals surface area contributed by atoms with Crippen LogP contribution in [0.1, 0.15) is 31.7 Å². The molecule has 2 aliphatic heterocycles. The van der Waals surface area contributed by atoms with Crippen molar-refractivity contribution in [3.8, 4) is 0 Å². The molecule has 1 saturated heterocycles. The van der Waals surface area contributed by atoms with E-state index < -0.39 is 5.54 Å². The van der Waals surface area contributed by atoms with E-state index in [1.165, 1.54) is 5.56 Å². The van der Waals surface area contributed by atoms with Gasteiger partial charge in [0.2, 0.25) is 0 Å². The zero-order valence-corrected chi connectivity index (χ0v) is 16.0. The molecule has 3 heterocycles. The highest BCUT2D eigenvalue weighted by Crippen LogP contribution is 2.50. The van der Waals surface area contributed by atoms with Crippen molar-refractivity contribution >= 4 is 11.7 Å². The molecule has 1 aromatic rings. The van der Waals surface area contributed by atoms with Gasteiger partial charge in [0.05, 0.1) is 19.3 Å². The number of likely N-dealkylation sites (tertiary alicyclic amines) is 1. The third-order valence-electron chi connectivity index (χ3n) is 6.28. The maximum absolute atomic E-state index is 13.3. The molecule has 1 aromatic heterocycles. The number of carbonyl (C=O) groups excluding carboxylic acids is 1. The van der Waals surface area contributed by atoms with Crippen LogP contribution in [0.4, 0.5) is 0 Å². The van der Waals surface area contributed by atoms with E-state index in [2.05, 4.69) is 23.1 Å². The van der Waals surface area contributed by atoms with Crippen LogP contribution < -0.4 is 0 Å². The van der Waals surface area contributed by atoms with Gasteiger partial charge in [0, 0.05) is 57.9 Å². The van der Waals surface area contributed by atoms with E-state index in [1.807, 2.05) is 22.8 Å². The fourth-order valence-corrected chi connectivity index (χ4v) is 5.10. The fraction of sp³-hybridized carbons (Fsp3) is 0.737. The second-order valence-corrected chi connectivity index (χ2v) is 7.88. The molecule has 7 nitrogen and oxygen atoms in total. The maximum Gasteiger partial charge on any atom is 0.256 e. The molecule has 1 saturated carbocycles. The van der Waals surface area contributed by atoms with Crippen LogP contribution in [0.15, 0.2) is 17.4 Å². The van der Waals surface area contributed by atoms with E-state index in [0.717, 1.165) is 44.7 Å². The number of carbonyl (C=O) groups is 1. The molecule has 0 N–H and O–H groups in total. The molecule has 2 fully saturated rings. The lowest BCUT2D eigenvalue weighted by molar-refractivity contribution is -0.132. The minimum Gasteiger partial charge on any atom is -0.383 e. The van der Waals surface area contributed by atoms with Crippen molar-refractivity contribution in [2.24, 2.45) is 23.9 Å². The average Bonchev–Trinajstić information content (AvgIpc) is 3.35. The minimum atomic E-state index is -0.520. The van der Waals surface area contributed by atoms with E-state index in [4.69, 9.17) is 9.73 Å². The SMILES string of the molecule is CCC1=N[C@]2(CC[C@H]3CN(Cc4cnn(C)c4)C[C@H]32)C(=O)N1CCOC. The van der Waals surface area contributed by atoms with Crippen LogP contribution in [0.25, 0.3) is 0 Å². The predicted molar refractivity (Wildman–Crippen MR) is 98.7 cm³/mol. The second-order valence-electron chi connectivity index (χ2n) is 7.88. The van der Waals surface area contributed by atoms with E-state index in [-0.39, 0.29) is 5.91 Å². The Hall–Kier alpha value is -1.73. The molecule has 0 radical (unpaired) electrons. The molecule has 7 heteroatoms. The zero-order chi connectivity index (χ0) is 18.3. The maximum atomic E-state index is 13.3. The lowest BCUT2D eigenvalue weighted by atomic mass is 9.85. The van der Waals surface area contributed by atoms with Crippen molar-refractivity contribution in [3.05, 3.63) is 18.0 Å². The van der Waals surface area contributed by atoms with Gasteiger partial charge in [0.15, 0.2) is 0 Å². The van der Waals surface area contributed by atoms with Gasteiger partial charge < -0.3 is 4.74 Å². The number of amidine groups is 1. The molecular weight excluding hydrogens is 330 g/mol. The van der Waals surface area contributed by atoms with Crippen molar-refractivity contribution in [3.63, 3.8) is 0 Å². The summed E-state index contributed by atoms with van der Waals surface area (Å²) in [6.45, 7) is 6.17. The lowest BCUT2D eigenvalue weighted by Gasteiger charge is -2.28. The number of aliphatic imine (C=N–C) groups is 1. The Labute approximate surface area is 155 Å². The summed E-state index contributed by atoms with van der Waals surface area (Å²) in [6, 6.07) is 0. The molecule has 1 aliphatic carbocycles. The highest BCUT2D eigenvalue weighted by atomic mass is 16.5. The van der Waals surface area contributed by atoms with Gasteiger partial charge in [-0.2, -0.15) is 5.10 Å². The highest BCUT2D eigenvalue weighted by Gasteiger charge is 2.60. The monoisotopic (exact) mass is 359 g/mol. The van der Waals surface area contributed by atoms with Crippen molar-refractivity contribution in [1.29, 1.82) is 0 Å². The number of rotatable bonds is 6. The van der Waals surface area contributed by atoms with Crippen LogP contribution in [0.5, 0.6) is 0 Å². The Bertz CT molecular complexity index is 715. The first kappa shape index (κ1) is 17.7. The zero-order valence-electron chi connectivity index (χ0n) is 16.0. The topological polar surface area (TPSA) is 63.0 Å². The Morgan fingerprint density at radius 1 is 1.38 bits per heavy atom. The van der Waals surface area contributed by atoms with E-state index in [1.54, 1.807) is 7.11 Å². The van der Waals surface area contributed by atoms with Crippen LogP contribution in [0.2, 0.25) is 0 Å². The van der Waals surface area contributed by atoms with Crippen LogP contribution in [-0.4, -0.2) is 70.2 Å². The first-order valence-corrected chi connectivity index (χ1v) is 9.67. The molecular formula is C19H29N5O2. The van der Waals surface area contributed by atoms with Crippen LogP contribution in [0, 0.1) is 11.8 Å². The summed E-state index contributed by atoms with van der Waals surface area (Å²) in [4.78, 5) is 22.7. The van der Waals surface area contributed by atoms with Gasteiger partial charge in [0.1, 0.15) is 11.4 Å². The minimum absolute atomic E-state index is 0.210. The summed E-state index contributed by atoms with van der Waals surface area (Å²) in [5.41, 5.74) is 0.715. The standard InChI is InChI=1S/C19H29N5O2/c1-4-17-21-19(18(25)24(17)7-8-26-3)6-5-15-12-23(13-16(15)19)11-14-9-20-22(2)10-14/h9-10,15-16H,4-8,11-13H2,1-3H3/t15-,16+,19-/m0/s1. The van der Waals surface area contributed by atoms with Gasteiger partial charge in [-0.3, -0.25) is 24.3 Å². The van der Waals surface area contributed by atoms with E-state index in [0.29, 0.717) is 25.0 Å². The molecule has 3 aliphatic rings. The second kappa shape index (κ2) is 6.78. The first-order chi connectivity index (χ1) is 12.6. The molecule has 26 heavy (non-hydrogen) atoms. The van der Waals surface area contributed by atoms with Crippen LogP contribution >= 0.6 is 0 Å². The van der Waals surface area contributed by atoms with Crippen molar-refractivity contribution in [2.75, 3.05) is 33.4 Å². The predicted octanol–water partition coefficient (Wildman–Crippen LogP) is 1.30. The van der Waals surface area contributed by atoms with Gasteiger partial charge in [-0.25, -0.2) is 0 Å². The number of aromatic nitrogens is 2. The Morgan fingerprint density at radius 3 is 2.92 bits per heavy atom. The normalized spacial score (nSPS) is 31.3. The van der Waals surface area contributed by atoms with E-state index in [9.17, 15) is 4.79 Å². The van der Waals surface area contributed by atoms with Gasteiger partial charge in [-0.1, -0.05) is 6.92 Å². The quantitative estimate of drug-likeness (QED) is 0.768. The van der Waals surface area contributed by atoms with Crippen LogP contribution in [0.3, 0.4) is 0 Å². The molecule has 0 aromatic carbocycles. The molecule has 142 valence electrons. The van der Waals surface area contributed by atoms with Crippen molar-refractivity contribution in [2.45, 2.75) is 38.3 Å². The number of methoxy groups -OCH3 is 1. The smallest absolute Gasteiger partial charge is 0.256 e. The number of ether oxygens (including phenoxy) is 1. The number of hydrogen-bond donors (Lipinski definition) is 0. The number of hydrogen-bond acceptors (Lipinski definition) is 5. The number of aryl methyl sites for hydroxylation is 1. The number of nitrogens with zero attached hydrogens (tertiary/aromatic N) is 5. The van der Waals surface area contributed by atoms with Crippen molar-refractivity contribution < 1.29 is 9.53 Å². The summed E-state index contributed by atoms with van der Waals surface area (Å²) in [5, 5.41) is 4.27. The highest BCUT2D eigenvalue weighted by molar-refractivity contribution is 6.08.